The van der Waals surface area contributed by atoms with E-state index in [4.69, 9.17) is 9.97 Å². The summed E-state index contributed by atoms with van der Waals surface area (Å²) in [7, 11) is 0. The highest BCUT2D eigenvalue weighted by atomic mass is 79.9. The van der Waals surface area contributed by atoms with Gasteiger partial charge in [0, 0.05) is 20.8 Å². The lowest BCUT2D eigenvalue weighted by atomic mass is 9.75. The van der Waals surface area contributed by atoms with Gasteiger partial charge in [0.15, 0.2) is 0 Å². The molecule has 8 rings (SSSR count). The molecular formula is C46H40BrN3. The van der Waals surface area contributed by atoms with Gasteiger partial charge < -0.3 is 4.90 Å². The highest BCUT2D eigenvalue weighted by Crippen LogP contribution is 2.58. The monoisotopic (exact) mass is 713 g/mol. The molecule has 0 spiro atoms. The first kappa shape index (κ1) is 32.2. The number of nitrogens with zero attached hydrogens (tertiary/aromatic N) is 3. The number of halogens is 1. The summed E-state index contributed by atoms with van der Waals surface area (Å²) in [5.41, 5.74) is 10.9. The molecule has 4 aromatic carbocycles. The van der Waals surface area contributed by atoms with Crippen molar-refractivity contribution in [3.63, 3.8) is 0 Å². The molecule has 0 radical (unpaired) electrons. The lowest BCUT2D eigenvalue weighted by Crippen LogP contribution is -2.33. The van der Waals surface area contributed by atoms with Gasteiger partial charge >= 0.3 is 0 Å². The molecule has 0 N–H and O–H groups in total. The molecule has 0 bridgehead atoms. The molecule has 0 amide bonds. The van der Waals surface area contributed by atoms with Gasteiger partial charge in [0.2, 0.25) is 5.95 Å². The molecule has 50 heavy (non-hydrogen) atoms. The van der Waals surface area contributed by atoms with Crippen molar-refractivity contribution in [1.82, 2.24) is 9.97 Å². The third-order valence-corrected chi connectivity index (χ3v) is 11.3. The molecule has 0 aliphatic heterocycles. The predicted molar refractivity (Wildman–Crippen MR) is 216 cm³/mol. The number of para-hydroxylation sites is 2. The highest BCUT2D eigenvalue weighted by molar-refractivity contribution is 9.12. The molecule has 1 aromatic heterocycles. The Balaban J connectivity index is 1.34. The first-order valence-electron chi connectivity index (χ1n) is 17.4. The van der Waals surface area contributed by atoms with Crippen LogP contribution in [0.1, 0.15) is 50.4 Å². The number of allylic oxidation sites excluding steroid dienone is 10. The Kier molecular flexibility index (Phi) is 8.16. The van der Waals surface area contributed by atoms with Crippen LogP contribution in [0.5, 0.6) is 0 Å². The van der Waals surface area contributed by atoms with Crippen LogP contribution in [0, 0.1) is 11.3 Å². The average molecular weight is 715 g/mol. The molecule has 246 valence electrons. The van der Waals surface area contributed by atoms with Gasteiger partial charge in [-0.05, 0) is 91.0 Å². The SMILES string of the molecule is C=CC(=C)c1ccccc1N(c1nc(C2=CC(C)CC=C2)c2ccccc2n1)C1C=C2C(=CC1)C(C)(C)C(c1cccc3ccccc13)=C2Br. The largest absolute Gasteiger partial charge is 0.303 e. The number of hydrogen-bond acceptors (Lipinski definition) is 3. The van der Waals surface area contributed by atoms with Crippen LogP contribution < -0.4 is 4.90 Å². The van der Waals surface area contributed by atoms with Crippen molar-refractivity contribution in [2.24, 2.45) is 11.3 Å². The smallest absolute Gasteiger partial charge is 0.231 e. The first-order valence-corrected chi connectivity index (χ1v) is 18.2. The van der Waals surface area contributed by atoms with E-state index < -0.39 is 0 Å². The van der Waals surface area contributed by atoms with Crippen molar-refractivity contribution in [2.75, 3.05) is 4.90 Å². The van der Waals surface area contributed by atoms with Crippen molar-refractivity contribution in [3.05, 3.63) is 173 Å². The maximum atomic E-state index is 5.43. The van der Waals surface area contributed by atoms with E-state index in [-0.39, 0.29) is 11.5 Å². The van der Waals surface area contributed by atoms with E-state index in [0.29, 0.717) is 11.9 Å². The lowest BCUT2D eigenvalue weighted by molar-refractivity contribution is 0.613. The fraction of sp³-hybridized carbons (Fsp3) is 0.174. The van der Waals surface area contributed by atoms with Gasteiger partial charge in [0.1, 0.15) is 0 Å². The minimum Gasteiger partial charge on any atom is -0.303 e. The average Bonchev–Trinajstić information content (AvgIpc) is 3.34. The number of benzene rings is 4. The topological polar surface area (TPSA) is 29.0 Å². The fourth-order valence-corrected chi connectivity index (χ4v) is 9.05. The zero-order chi connectivity index (χ0) is 34.6. The molecule has 5 aromatic rings. The second-order valence-electron chi connectivity index (χ2n) is 14.1. The molecule has 2 unspecified atom stereocenters. The van der Waals surface area contributed by atoms with E-state index in [1.165, 1.54) is 33.1 Å². The number of hydrogen-bond donors (Lipinski definition) is 0. The molecule has 0 saturated carbocycles. The second-order valence-corrected chi connectivity index (χ2v) is 14.9. The number of rotatable bonds is 7. The van der Waals surface area contributed by atoms with Crippen LogP contribution in [0.4, 0.5) is 11.6 Å². The van der Waals surface area contributed by atoms with Crippen LogP contribution in [-0.2, 0) is 0 Å². The minimum absolute atomic E-state index is 0.0634. The molecule has 2 atom stereocenters. The van der Waals surface area contributed by atoms with Crippen LogP contribution >= 0.6 is 15.9 Å². The summed E-state index contributed by atoms with van der Waals surface area (Å²) in [6.45, 7) is 15.4. The summed E-state index contributed by atoms with van der Waals surface area (Å²) in [5.74, 6) is 1.11. The van der Waals surface area contributed by atoms with Crippen molar-refractivity contribution >= 4 is 66.0 Å². The molecule has 3 aliphatic carbocycles. The standard InChI is InChI=1S/C46H40BrN3/c1-6-30(3)34-19-10-12-24-41(34)50(45-48-40-23-11-9-21-37(40)44(49-45)32-18-13-15-29(2)27-32)33-25-26-39-38(28-33)43(47)42(46(39,4)5)36-22-14-17-31-16-7-8-20-35(31)36/h6-14,16-24,26-29,33H,1,3,15,25H2,2,4-5H3. The number of aromatic nitrogens is 2. The van der Waals surface area contributed by atoms with Crippen LogP contribution in [0.3, 0.4) is 0 Å². The highest BCUT2D eigenvalue weighted by Gasteiger charge is 2.43. The van der Waals surface area contributed by atoms with Gasteiger partial charge in [-0.2, -0.15) is 0 Å². The van der Waals surface area contributed by atoms with E-state index in [1.54, 1.807) is 0 Å². The Hall–Kier alpha value is -5.06. The maximum Gasteiger partial charge on any atom is 0.231 e. The van der Waals surface area contributed by atoms with Gasteiger partial charge in [-0.15, -0.1) is 0 Å². The molecule has 4 heteroatoms. The van der Waals surface area contributed by atoms with Crippen molar-refractivity contribution < 1.29 is 0 Å². The summed E-state index contributed by atoms with van der Waals surface area (Å²) < 4.78 is 1.14. The quantitative estimate of drug-likeness (QED) is 0.157. The van der Waals surface area contributed by atoms with E-state index in [0.717, 1.165) is 56.3 Å². The zero-order valence-electron chi connectivity index (χ0n) is 28.8. The van der Waals surface area contributed by atoms with E-state index >= 15 is 0 Å². The molecule has 0 saturated heterocycles. The Morgan fingerprint density at radius 3 is 2.44 bits per heavy atom. The zero-order valence-corrected chi connectivity index (χ0v) is 30.4. The van der Waals surface area contributed by atoms with E-state index in [2.05, 4.69) is 176 Å². The lowest BCUT2D eigenvalue weighted by Gasteiger charge is -2.35. The third kappa shape index (κ3) is 5.34. The van der Waals surface area contributed by atoms with Crippen LogP contribution in [0.15, 0.2) is 156 Å². The van der Waals surface area contributed by atoms with Crippen LogP contribution in [0.2, 0.25) is 0 Å². The Bertz CT molecular complexity index is 2380. The molecule has 1 heterocycles. The number of fused-ring (bicyclic) bond motifs is 3. The molecular weight excluding hydrogens is 674 g/mol. The number of anilines is 2. The van der Waals surface area contributed by atoms with Crippen molar-refractivity contribution in [1.29, 1.82) is 0 Å². The first-order chi connectivity index (χ1) is 24.3. The normalized spacial score (nSPS) is 19.6. The molecule has 0 fully saturated rings. The Labute approximate surface area is 303 Å². The van der Waals surface area contributed by atoms with E-state index in [9.17, 15) is 0 Å². The van der Waals surface area contributed by atoms with Crippen molar-refractivity contribution in [3.8, 4) is 0 Å². The Morgan fingerprint density at radius 2 is 1.62 bits per heavy atom. The fourth-order valence-electron chi connectivity index (χ4n) is 7.99. The van der Waals surface area contributed by atoms with Crippen LogP contribution in [0.25, 0.3) is 38.4 Å². The maximum absolute atomic E-state index is 5.43. The summed E-state index contributed by atoms with van der Waals surface area (Å²) in [4.78, 5) is 13.0. The van der Waals surface area contributed by atoms with Crippen LogP contribution in [-0.4, -0.2) is 16.0 Å². The Morgan fingerprint density at radius 1 is 0.880 bits per heavy atom. The summed E-state index contributed by atoms with van der Waals surface area (Å²) >= 11 is 4.16. The summed E-state index contributed by atoms with van der Waals surface area (Å²) in [5, 5.41) is 3.57. The van der Waals surface area contributed by atoms with Crippen molar-refractivity contribution in [2.45, 2.75) is 39.7 Å². The summed E-state index contributed by atoms with van der Waals surface area (Å²) in [6.07, 6.45) is 15.3. The third-order valence-electron chi connectivity index (χ3n) is 10.5. The molecule has 3 nitrogen and oxygen atoms in total. The van der Waals surface area contributed by atoms with E-state index in [1.807, 2.05) is 6.08 Å². The van der Waals surface area contributed by atoms with Gasteiger partial charge in [-0.3, -0.25) is 0 Å². The minimum atomic E-state index is -0.192. The van der Waals surface area contributed by atoms with Gasteiger partial charge in [0.25, 0.3) is 0 Å². The predicted octanol–water partition coefficient (Wildman–Crippen LogP) is 12.6. The second kappa shape index (κ2) is 12.7. The van der Waals surface area contributed by atoms with Gasteiger partial charge in [-0.25, -0.2) is 9.97 Å². The summed E-state index contributed by atoms with van der Waals surface area (Å²) in [6, 6.07) is 32.0. The van der Waals surface area contributed by atoms with Gasteiger partial charge in [0.05, 0.1) is 22.9 Å². The molecule has 3 aliphatic rings. The van der Waals surface area contributed by atoms with Gasteiger partial charge in [-0.1, -0.05) is 149 Å².